The zero-order valence-electron chi connectivity index (χ0n) is 19.6. The number of halogens is 3. The molecule has 1 aromatic carbocycles. The Morgan fingerprint density at radius 3 is 2.57 bits per heavy atom. The highest BCUT2D eigenvalue weighted by Gasteiger charge is 2.36. The second-order valence-corrected chi connectivity index (χ2v) is 8.18. The number of aromatic nitrogens is 4. The minimum absolute atomic E-state index is 0.0197. The van der Waals surface area contributed by atoms with E-state index < -0.39 is 17.5 Å². The molecule has 0 fully saturated rings. The van der Waals surface area contributed by atoms with Crippen LogP contribution in [0.5, 0.6) is 0 Å². The Hall–Kier alpha value is -3.67. The van der Waals surface area contributed by atoms with Crippen molar-refractivity contribution < 1.29 is 22.7 Å². The number of nitrogens with one attached hydrogen (secondary N) is 1. The van der Waals surface area contributed by atoms with Crippen molar-refractivity contribution in [3.63, 3.8) is 0 Å². The third-order valence-corrected chi connectivity index (χ3v) is 5.82. The normalized spacial score (nSPS) is 15.5. The van der Waals surface area contributed by atoms with Gasteiger partial charge < -0.3 is 19.9 Å². The summed E-state index contributed by atoms with van der Waals surface area (Å²) in [6.45, 7) is 3.33. The maximum atomic E-state index is 13.5. The van der Waals surface area contributed by atoms with Crippen LogP contribution < -0.4 is 15.1 Å². The first kappa shape index (κ1) is 24.5. The molecular weight excluding hydrogens is 463 g/mol. The Balaban J connectivity index is 1.47. The summed E-state index contributed by atoms with van der Waals surface area (Å²) in [7, 11) is 3.32. The maximum absolute atomic E-state index is 13.5. The first-order valence-corrected chi connectivity index (χ1v) is 11.1. The first-order valence-electron chi connectivity index (χ1n) is 11.1. The molecule has 1 atom stereocenters. The monoisotopic (exact) mass is 489 g/mol. The van der Waals surface area contributed by atoms with Crippen LogP contribution in [-0.2, 0) is 22.6 Å². The fourth-order valence-electron chi connectivity index (χ4n) is 4.02. The Labute approximate surface area is 200 Å². The molecule has 1 N–H and O–H groups in total. The topological polar surface area (TPSA) is 88.4 Å². The number of rotatable bonds is 9. The Morgan fingerprint density at radius 1 is 1.14 bits per heavy atom. The summed E-state index contributed by atoms with van der Waals surface area (Å²) in [5, 5.41) is 7.33. The summed E-state index contributed by atoms with van der Waals surface area (Å²) in [5.74, 6) is -2.98. The average Bonchev–Trinajstić information content (AvgIpc) is 3.29. The largest absolute Gasteiger partial charge is 0.383 e. The van der Waals surface area contributed by atoms with E-state index in [1.54, 1.807) is 37.6 Å². The van der Waals surface area contributed by atoms with E-state index in [0.717, 1.165) is 17.7 Å². The summed E-state index contributed by atoms with van der Waals surface area (Å²) in [5.41, 5.74) is 1.65. The van der Waals surface area contributed by atoms with Crippen LogP contribution in [0.2, 0.25) is 0 Å². The minimum Gasteiger partial charge on any atom is -0.383 e. The molecule has 2 aromatic heterocycles. The predicted octanol–water partition coefficient (Wildman–Crippen LogP) is 2.96. The number of likely N-dealkylation sites (N-methyl/N-ethyl adjacent to an activating group) is 1. The number of fused-ring (bicyclic) bond motifs is 1. The lowest BCUT2D eigenvalue weighted by molar-refractivity contribution is -0.120. The van der Waals surface area contributed by atoms with Crippen molar-refractivity contribution in [3.05, 3.63) is 59.3 Å². The number of ether oxygens (including phenoxy) is 1. The second kappa shape index (κ2) is 10.3. The molecule has 12 heteroatoms. The summed E-state index contributed by atoms with van der Waals surface area (Å²) in [6, 6.07) is 1.55. The second-order valence-electron chi connectivity index (χ2n) is 8.18. The molecule has 0 aliphatic carbocycles. The van der Waals surface area contributed by atoms with Gasteiger partial charge in [-0.05, 0) is 24.1 Å². The highest BCUT2D eigenvalue weighted by Crippen LogP contribution is 2.34. The summed E-state index contributed by atoms with van der Waals surface area (Å²) >= 11 is 0. The Bertz CT molecular complexity index is 1200. The van der Waals surface area contributed by atoms with Crippen molar-refractivity contribution in [2.45, 2.75) is 32.5 Å². The minimum atomic E-state index is -1.49. The number of nitrogens with zero attached hydrogens (tertiary/aromatic N) is 6. The Kier molecular flexibility index (Phi) is 7.20. The molecule has 0 radical (unpaired) electrons. The molecule has 0 spiro atoms. The molecule has 0 unspecified atom stereocenters. The van der Waals surface area contributed by atoms with Gasteiger partial charge in [0, 0.05) is 39.0 Å². The van der Waals surface area contributed by atoms with Crippen LogP contribution in [0, 0.1) is 17.5 Å². The highest BCUT2D eigenvalue weighted by atomic mass is 19.2. The lowest BCUT2D eigenvalue weighted by Gasteiger charge is -2.40. The zero-order valence-corrected chi connectivity index (χ0v) is 19.6. The van der Waals surface area contributed by atoms with Crippen LogP contribution in [-0.4, -0.2) is 59.0 Å². The third kappa shape index (κ3) is 5.06. The number of amides is 1. The van der Waals surface area contributed by atoms with Crippen molar-refractivity contribution in [2.75, 3.05) is 42.4 Å². The average molecular weight is 490 g/mol. The van der Waals surface area contributed by atoms with Crippen molar-refractivity contribution in [1.82, 2.24) is 19.7 Å². The van der Waals surface area contributed by atoms with Gasteiger partial charge in [-0.2, -0.15) is 10.1 Å². The maximum Gasteiger partial charge on any atom is 0.249 e. The number of carbonyl (C=O) groups excluding carboxylic acids is 1. The van der Waals surface area contributed by atoms with E-state index >= 15 is 0 Å². The standard InChI is InChI=1S/C23H26F3N7O2/c1-4-18-22(34)31(2)19-11-28-23(30-21(19)33(18)5-6-35-3)27-9-15-10-29-32(13-15)12-14-7-16(24)20(26)17(25)8-14/h7-8,10-11,13,18H,4-6,9,12H2,1-3H3,(H,27,28,30)/t18-/m1/s1. The van der Waals surface area contributed by atoms with Gasteiger partial charge >= 0.3 is 0 Å². The van der Waals surface area contributed by atoms with Crippen molar-refractivity contribution in [1.29, 1.82) is 0 Å². The van der Waals surface area contributed by atoms with Crippen LogP contribution in [0.25, 0.3) is 0 Å². The molecule has 186 valence electrons. The van der Waals surface area contributed by atoms with Gasteiger partial charge in [0.2, 0.25) is 11.9 Å². The van der Waals surface area contributed by atoms with Gasteiger partial charge in [-0.3, -0.25) is 9.48 Å². The predicted molar refractivity (Wildman–Crippen MR) is 124 cm³/mol. The van der Waals surface area contributed by atoms with Gasteiger partial charge in [0.25, 0.3) is 0 Å². The molecule has 1 aliphatic heterocycles. The molecule has 0 saturated carbocycles. The summed E-state index contributed by atoms with van der Waals surface area (Å²) < 4.78 is 46.8. The molecule has 3 aromatic rings. The van der Waals surface area contributed by atoms with Gasteiger partial charge in [0.05, 0.1) is 25.5 Å². The fraction of sp³-hybridized carbons (Fsp3) is 0.391. The van der Waals surface area contributed by atoms with Gasteiger partial charge in [0.15, 0.2) is 23.3 Å². The SMILES string of the molecule is CC[C@@H]1C(=O)N(C)c2cnc(NCc3cnn(Cc4cc(F)c(F)c(F)c4)c3)nc2N1CCOC. The number of hydrogen-bond donors (Lipinski definition) is 1. The molecule has 3 heterocycles. The highest BCUT2D eigenvalue weighted by molar-refractivity contribution is 6.04. The molecule has 9 nitrogen and oxygen atoms in total. The molecule has 1 aliphatic rings. The third-order valence-electron chi connectivity index (χ3n) is 5.82. The van der Waals surface area contributed by atoms with E-state index in [-0.39, 0.29) is 24.1 Å². The molecule has 1 amide bonds. The molecule has 4 rings (SSSR count). The van der Waals surface area contributed by atoms with Crippen LogP contribution in [0.3, 0.4) is 0 Å². The van der Waals surface area contributed by atoms with E-state index in [1.807, 2.05) is 11.8 Å². The number of hydrogen-bond acceptors (Lipinski definition) is 7. The van der Waals surface area contributed by atoms with Crippen LogP contribution in [0.4, 0.5) is 30.6 Å². The van der Waals surface area contributed by atoms with E-state index in [9.17, 15) is 18.0 Å². The number of benzene rings is 1. The molecule has 35 heavy (non-hydrogen) atoms. The van der Waals surface area contributed by atoms with Gasteiger partial charge in [-0.1, -0.05) is 6.92 Å². The lowest BCUT2D eigenvalue weighted by Crippen LogP contribution is -2.53. The first-order chi connectivity index (χ1) is 16.8. The molecular formula is C23H26F3N7O2. The van der Waals surface area contributed by atoms with Crippen molar-refractivity contribution >= 4 is 23.4 Å². The summed E-state index contributed by atoms with van der Waals surface area (Å²) in [4.78, 5) is 25.3. The van der Waals surface area contributed by atoms with Gasteiger partial charge in [-0.15, -0.1) is 0 Å². The van der Waals surface area contributed by atoms with Crippen molar-refractivity contribution in [3.8, 4) is 0 Å². The van der Waals surface area contributed by atoms with Gasteiger partial charge in [0.1, 0.15) is 11.7 Å². The smallest absolute Gasteiger partial charge is 0.249 e. The van der Waals surface area contributed by atoms with E-state index in [4.69, 9.17) is 4.74 Å². The van der Waals surface area contributed by atoms with Crippen LogP contribution in [0.1, 0.15) is 24.5 Å². The lowest BCUT2D eigenvalue weighted by atomic mass is 10.1. The van der Waals surface area contributed by atoms with Crippen LogP contribution in [0.15, 0.2) is 30.7 Å². The van der Waals surface area contributed by atoms with E-state index in [2.05, 4.69) is 20.4 Å². The zero-order chi connectivity index (χ0) is 25.1. The Morgan fingerprint density at radius 2 is 1.89 bits per heavy atom. The van der Waals surface area contributed by atoms with E-state index in [0.29, 0.717) is 43.6 Å². The quantitative estimate of drug-likeness (QED) is 0.463. The number of methoxy groups -OCH3 is 1. The molecule has 0 saturated heterocycles. The number of carbonyl (C=O) groups is 1. The molecule has 0 bridgehead atoms. The van der Waals surface area contributed by atoms with Crippen LogP contribution >= 0.6 is 0 Å². The number of anilines is 3. The summed E-state index contributed by atoms with van der Waals surface area (Å²) in [6.07, 6.45) is 5.54. The van der Waals surface area contributed by atoms with E-state index in [1.165, 1.54) is 4.68 Å². The van der Waals surface area contributed by atoms with Crippen molar-refractivity contribution in [2.24, 2.45) is 0 Å². The van der Waals surface area contributed by atoms with Gasteiger partial charge in [-0.25, -0.2) is 18.2 Å². The fourth-order valence-corrected chi connectivity index (χ4v) is 4.02.